The van der Waals surface area contributed by atoms with Crippen LogP contribution in [0.3, 0.4) is 0 Å². The van der Waals surface area contributed by atoms with E-state index in [-0.39, 0.29) is 18.1 Å². The summed E-state index contributed by atoms with van der Waals surface area (Å²) in [7, 11) is 0. The van der Waals surface area contributed by atoms with Crippen molar-refractivity contribution in [1.29, 1.82) is 0 Å². The van der Waals surface area contributed by atoms with E-state index in [1.807, 2.05) is 26.0 Å². The second-order valence-corrected chi connectivity index (χ2v) is 5.64. The first kappa shape index (κ1) is 15.8. The highest BCUT2D eigenvalue weighted by atomic mass is 16.5. The van der Waals surface area contributed by atoms with Gasteiger partial charge >= 0.3 is 0 Å². The SMILES string of the molecule is CCC1CN(C(C)C(=O)Nc2cc(N)ccc2C)CCO1. The van der Waals surface area contributed by atoms with Crippen molar-refractivity contribution in [2.24, 2.45) is 0 Å². The van der Waals surface area contributed by atoms with E-state index in [1.165, 1.54) is 0 Å². The van der Waals surface area contributed by atoms with Gasteiger partial charge in [0, 0.05) is 24.5 Å². The lowest BCUT2D eigenvalue weighted by Gasteiger charge is -2.35. The lowest BCUT2D eigenvalue weighted by atomic mass is 10.1. The number of benzene rings is 1. The second-order valence-electron chi connectivity index (χ2n) is 5.64. The van der Waals surface area contributed by atoms with Crippen LogP contribution in [-0.2, 0) is 9.53 Å². The van der Waals surface area contributed by atoms with Gasteiger partial charge in [-0.15, -0.1) is 0 Å². The van der Waals surface area contributed by atoms with Gasteiger partial charge in [0.15, 0.2) is 0 Å². The molecule has 3 N–H and O–H groups in total. The van der Waals surface area contributed by atoms with E-state index in [2.05, 4.69) is 17.1 Å². The number of nitrogens with zero attached hydrogens (tertiary/aromatic N) is 1. The van der Waals surface area contributed by atoms with E-state index >= 15 is 0 Å². The van der Waals surface area contributed by atoms with Crippen LogP contribution >= 0.6 is 0 Å². The first-order chi connectivity index (χ1) is 10.0. The number of carbonyl (C=O) groups is 1. The Bertz CT molecular complexity index is 504. The molecular formula is C16H25N3O2. The van der Waals surface area contributed by atoms with Crippen LogP contribution in [0.1, 0.15) is 25.8 Å². The Kier molecular flexibility index (Phi) is 5.20. The van der Waals surface area contributed by atoms with E-state index in [1.54, 1.807) is 6.07 Å². The number of nitrogen functional groups attached to an aromatic ring is 1. The number of morpholine rings is 1. The third-order valence-electron chi connectivity index (χ3n) is 4.07. The van der Waals surface area contributed by atoms with Crippen LogP contribution in [0.25, 0.3) is 0 Å². The predicted octanol–water partition coefficient (Wildman–Crippen LogP) is 2.02. The summed E-state index contributed by atoms with van der Waals surface area (Å²) < 4.78 is 5.65. The molecule has 1 heterocycles. The van der Waals surface area contributed by atoms with Gasteiger partial charge < -0.3 is 15.8 Å². The predicted molar refractivity (Wildman–Crippen MR) is 85.3 cm³/mol. The topological polar surface area (TPSA) is 67.6 Å². The Morgan fingerprint density at radius 2 is 2.33 bits per heavy atom. The van der Waals surface area contributed by atoms with E-state index in [4.69, 9.17) is 10.5 Å². The maximum absolute atomic E-state index is 12.4. The van der Waals surface area contributed by atoms with Crippen molar-refractivity contribution in [1.82, 2.24) is 4.90 Å². The van der Waals surface area contributed by atoms with Gasteiger partial charge in [0.2, 0.25) is 5.91 Å². The monoisotopic (exact) mass is 291 g/mol. The molecule has 0 bridgehead atoms. The zero-order chi connectivity index (χ0) is 15.4. The molecule has 2 unspecified atom stereocenters. The van der Waals surface area contributed by atoms with Gasteiger partial charge in [0.05, 0.1) is 18.8 Å². The molecule has 0 radical (unpaired) electrons. The number of hydrogen-bond donors (Lipinski definition) is 2. The minimum atomic E-state index is -0.177. The first-order valence-corrected chi connectivity index (χ1v) is 7.54. The Morgan fingerprint density at radius 1 is 1.57 bits per heavy atom. The average molecular weight is 291 g/mol. The maximum Gasteiger partial charge on any atom is 0.241 e. The van der Waals surface area contributed by atoms with Crippen LogP contribution < -0.4 is 11.1 Å². The average Bonchev–Trinajstić information content (AvgIpc) is 2.50. The standard InChI is InChI=1S/C16H25N3O2/c1-4-14-10-19(7-8-21-14)12(3)16(20)18-15-9-13(17)6-5-11(15)2/h5-6,9,12,14H,4,7-8,10,17H2,1-3H3,(H,18,20). The van der Waals surface area contributed by atoms with Crippen LogP contribution in [0.5, 0.6) is 0 Å². The second kappa shape index (κ2) is 6.91. The van der Waals surface area contributed by atoms with E-state index in [0.717, 1.165) is 30.8 Å². The molecule has 116 valence electrons. The molecule has 1 aliphatic heterocycles. The molecule has 1 aromatic rings. The van der Waals surface area contributed by atoms with Gasteiger partial charge in [0.25, 0.3) is 0 Å². The minimum absolute atomic E-state index is 0.000420. The molecule has 21 heavy (non-hydrogen) atoms. The summed E-state index contributed by atoms with van der Waals surface area (Å²) in [4.78, 5) is 14.6. The molecule has 0 aromatic heterocycles. The molecule has 2 atom stereocenters. The minimum Gasteiger partial charge on any atom is -0.399 e. The van der Waals surface area contributed by atoms with Crippen LogP contribution in [0.4, 0.5) is 11.4 Å². The highest BCUT2D eigenvalue weighted by molar-refractivity contribution is 5.95. The maximum atomic E-state index is 12.4. The van der Waals surface area contributed by atoms with Crippen LogP contribution in [0.15, 0.2) is 18.2 Å². The summed E-state index contributed by atoms with van der Waals surface area (Å²) in [5.74, 6) is 0.000420. The smallest absolute Gasteiger partial charge is 0.241 e. The quantitative estimate of drug-likeness (QED) is 0.833. The number of hydrogen-bond acceptors (Lipinski definition) is 4. The summed E-state index contributed by atoms with van der Waals surface area (Å²) in [6.45, 7) is 8.29. The summed E-state index contributed by atoms with van der Waals surface area (Å²) >= 11 is 0. The first-order valence-electron chi connectivity index (χ1n) is 7.54. The number of anilines is 2. The molecule has 1 aliphatic rings. The number of amides is 1. The van der Waals surface area contributed by atoms with Gasteiger partial charge in [-0.1, -0.05) is 13.0 Å². The molecular weight excluding hydrogens is 266 g/mol. The number of aryl methyl sites for hydroxylation is 1. The number of nitrogens with two attached hydrogens (primary N) is 1. The molecule has 2 rings (SSSR count). The van der Waals surface area contributed by atoms with Gasteiger partial charge in [-0.25, -0.2) is 0 Å². The van der Waals surface area contributed by atoms with Crippen LogP contribution in [-0.4, -0.2) is 42.6 Å². The molecule has 0 spiro atoms. The van der Waals surface area contributed by atoms with Crippen molar-refractivity contribution >= 4 is 17.3 Å². The van der Waals surface area contributed by atoms with Gasteiger partial charge in [-0.05, 0) is 38.0 Å². The normalized spacial score (nSPS) is 21.0. The molecule has 1 amide bonds. The molecule has 1 saturated heterocycles. The molecule has 1 fully saturated rings. The fraction of sp³-hybridized carbons (Fsp3) is 0.562. The highest BCUT2D eigenvalue weighted by Crippen LogP contribution is 2.19. The Balaban J connectivity index is 2.00. The molecule has 1 aromatic carbocycles. The molecule has 0 saturated carbocycles. The fourth-order valence-electron chi connectivity index (χ4n) is 2.52. The van der Waals surface area contributed by atoms with Gasteiger partial charge in [-0.3, -0.25) is 9.69 Å². The van der Waals surface area contributed by atoms with Crippen molar-refractivity contribution in [2.45, 2.75) is 39.3 Å². The van der Waals surface area contributed by atoms with Gasteiger partial charge in [0.1, 0.15) is 0 Å². The number of nitrogens with one attached hydrogen (secondary N) is 1. The molecule has 0 aliphatic carbocycles. The van der Waals surface area contributed by atoms with Crippen molar-refractivity contribution in [3.05, 3.63) is 23.8 Å². The zero-order valence-corrected chi connectivity index (χ0v) is 13.1. The largest absolute Gasteiger partial charge is 0.399 e. The van der Waals surface area contributed by atoms with Crippen LogP contribution in [0.2, 0.25) is 0 Å². The zero-order valence-electron chi connectivity index (χ0n) is 13.1. The van der Waals surface area contributed by atoms with Crippen molar-refractivity contribution < 1.29 is 9.53 Å². The van der Waals surface area contributed by atoms with E-state index in [0.29, 0.717) is 12.3 Å². The Hall–Kier alpha value is -1.59. The molecule has 5 heteroatoms. The van der Waals surface area contributed by atoms with Crippen molar-refractivity contribution in [2.75, 3.05) is 30.7 Å². The number of carbonyl (C=O) groups excluding carboxylic acids is 1. The lowest BCUT2D eigenvalue weighted by Crippen LogP contribution is -2.50. The van der Waals surface area contributed by atoms with Gasteiger partial charge in [-0.2, -0.15) is 0 Å². The number of ether oxygens (including phenoxy) is 1. The Labute approximate surface area is 126 Å². The van der Waals surface area contributed by atoms with E-state index < -0.39 is 0 Å². The summed E-state index contributed by atoms with van der Waals surface area (Å²) in [5.41, 5.74) is 8.23. The van der Waals surface area contributed by atoms with Crippen molar-refractivity contribution in [3.63, 3.8) is 0 Å². The fourth-order valence-corrected chi connectivity index (χ4v) is 2.52. The molecule has 5 nitrogen and oxygen atoms in total. The summed E-state index contributed by atoms with van der Waals surface area (Å²) in [6.07, 6.45) is 1.20. The van der Waals surface area contributed by atoms with Crippen molar-refractivity contribution in [3.8, 4) is 0 Å². The Morgan fingerprint density at radius 3 is 3.05 bits per heavy atom. The summed E-state index contributed by atoms with van der Waals surface area (Å²) in [5, 5.41) is 2.98. The van der Waals surface area contributed by atoms with E-state index in [9.17, 15) is 4.79 Å². The summed E-state index contributed by atoms with van der Waals surface area (Å²) in [6, 6.07) is 5.37. The highest BCUT2D eigenvalue weighted by Gasteiger charge is 2.27. The van der Waals surface area contributed by atoms with Crippen LogP contribution in [0, 0.1) is 6.92 Å². The third-order valence-corrected chi connectivity index (χ3v) is 4.07. The lowest BCUT2D eigenvalue weighted by molar-refractivity contribution is -0.124. The number of rotatable bonds is 4. The third kappa shape index (κ3) is 3.95.